The highest BCUT2D eigenvalue weighted by Gasteiger charge is 2.24. The smallest absolute Gasteiger partial charge is 0.311 e. The van der Waals surface area contributed by atoms with Crippen LogP contribution in [0, 0.1) is 0 Å². The van der Waals surface area contributed by atoms with Crippen molar-refractivity contribution in [1.82, 2.24) is 0 Å². The normalized spacial score (nSPS) is 13.3. The van der Waals surface area contributed by atoms with Gasteiger partial charge in [-0.05, 0) is 18.1 Å². The number of hydrogen-bond acceptors (Lipinski definition) is 3. The molecule has 4 nitrogen and oxygen atoms in total. The molecule has 1 aromatic rings. The number of sulfone groups is 1. The Morgan fingerprint density at radius 3 is 2.41 bits per heavy atom. The van der Waals surface area contributed by atoms with Crippen molar-refractivity contribution in [2.24, 2.45) is 0 Å². The maximum Gasteiger partial charge on any atom is 0.311 e. The molecule has 1 N–H and O–H groups in total. The number of benzene rings is 1. The molecule has 0 amide bonds. The molecule has 0 saturated heterocycles. The Balaban J connectivity index is 3.34. The van der Waals surface area contributed by atoms with Crippen LogP contribution in [0.4, 0.5) is 0 Å². The van der Waals surface area contributed by atoms with E-state index in [-0.39, 0.29) is 4.90 Å². The summed E-state index contributed by atoms with van der Waals surface area (Å²) in [5.41, 5.74) is 0.379. The maximum absolute atomic E-state index is 11.6. The molecule has 0 aliphatic carbocycles. The first-order chi connectivity index (χ1) is 7.88. The van der Waals surface area contributed by atoms with Crippen LogP contribution in [-0.2, 0) is 14.6 Å². The molecule has 5 heteroatoms. The lowest BCUT2D eigenvalue weighted by atomic mass is 9.95. The predicted molar refractivity (Wildman–Crippen MR) is 64.8 cm³/mol. The third kappa shape index (κ3) is 3.30. The van der Waals surface area contributed by atoms with Crippen LogP contribution in [0.3, 0.4) is 0 Å². The highest BCUT2D eigenvalue weighted by Crippen LogP contribution is 2.27. The number of carboxylic acid groups (broad SMARTS) is 1. The van der Waals surface area contributed by atoms with Crippen molar-refractivity contribution >= 4 is 15.8 Å². The molecule has 0 heterocycles. The minimum Gasteiger partial charge on any atom is -0.481 e. The third-order valence-corrected chi connectivity index (χ3v) is 3.74. The van der Waals surface area contributed by atoms with E-state index in [1.165, 1.54) is 6.07 Å². The molecule has 17 heavy (non-hydrogen) atoms. The predicted octanol–water partition coefficient (Wildman–Crippen LogP) is 2.06. The van der Waals surface area contributed by atoms with Crippen molar-refractivity contribution in [3.63, 3.8) is 0 Å². The van der Waals surface area contributed by atoms with Crippen molar-refractivity contribution in [1.29, 1.82) is 0 Å². The molecule has 0 radical (unpaired) electrons. The summed E-state index contributed by atoms with van der Waals surface area (Å²) in [5, 5.41) is 9.15. The van der Waals surface area contributed by atoms with E-state index in [4.69, 9.17) is 5.11 Å². The lowest BCUT2D eigenvalue weighted by Gasteiger charge is -2.15. The quantitative estimate of drug-likeness (QED) is 0.875. The second kappa shape index (κ2) is 5.31. The van der Waals surface area contributed by atoms with Gasteiger partial charge in [0.15, 0.2) is 9.84 Å². The van der Waals surface area contributed by atoms with Crippen LogP contribution < -0.4 is 0 Å². The largest absolute Gasteiger partial charge is 0.481 e. The monoisotopic (exact) mass is 256 g/mol. The first-order valence-electron chi connectivity index (χ1n) is 5.39. The molecule has 1 atom stereocenters. The summed E-state index contributed by atoms with van der Waals surface area (Å²) in [7, 11) is -3.39. The van der Waals surface area contributed by atoms with Gasteiger partial charge in [0.2, 0.25) is 0 Å². The fraction of sp³-hybridized carbons (Fsp3) is 0.417. The molecular formula is C12H16O4S. The van der Waals surface area contributed by atoms with Crippen LogP contribution in [-0.4, -0.2) is 25.7 Å². The van der Waals surface area contributed by atoms with Gasteiger partial charge in [0, 0.05) is 6.26 Å². The van der Waals surface area contributed by atoms with Gasteiger partial charge in [-0.1, -0.05) is 31.5 Å². The van der Waals surface area contributed by atoms with Crippen LogP contribution in [0.25, 0.3) is 0 Å². The minimum atomic E-state index is -3.39. The van der Waals surface area contributed by atoms with Crippen LogP contribution >= 0.6 is 0 Å². The summed E-state index contributed by atoms with van der Waals surface area (Å²) < 4.78 is 23.2. The average molecular weight is 256 g/mol. The average Bonchev–Trinajstić information content (AvgIpc) is 2.24. The molecule has 0 saturated carbocycles. The Morgan fingerprint density at radius 2 is 1.94 bits per heavy atom. The van der Waals surface area contributed by atoms with E-state index in [9.17, 15) is 13.2 Å². The number of carboxylic acids is 1. The minimum absolute atomic E-state index is 0.112. The molecule has 0 aliphatic heterocycles. The summed E-state index contributed by atoms with van der Waals surface area (Å²) in [6, 6.07) is 6.29. The Morgan fingerprint density at radius 1 is 1.35 bits per heavy atom. The molecule has 0 bridgehead atoms. The van der Waals surface area contributed by atoms with E-state index in [2.05, 4.69) is 0 Å². The number of aliphatic carboxylic acids is 1. The second-order valence-electron chi connectivity index (χ2n) is 3.99. The fourth-order valence-electron chi connectivity index (χ4n) is 1.81. The van der Waals surface area contributed by atoms with Gasteiger partial charge < -0.3 is 5.11 Å². The van der Waals surface area contributed by atoms with Gasteiger partial charge in [-0.25, -0.2) is 8.42 Å². The van der Waals surface area contributed by atoms with Crippen molar-refractivity contribution in [3.05, 3.63) is 29.8 Å². The molecule has 0 aromatic heterocycles. The SMILES string of the molecule is CCCC(C(=O)O)c1ccccc1S(C)(=O)=O. The Labute approximate surface area is 101 Å². The van der Waals surface area contributed by atoms with Crippen LogP contribution in [0.2, 0.25) is 0 Å². The first-order valence-corrected chi connectivity index (χ1v) is 7.28. The first kappa shape index (κ1) is 13.7. The van der Waals surface area contributed by atoms with Gasteiger partial charge in [-0.15, -0.1) is 0 Å². The Bertz CT molecular complexity index is 505. The van der Waals surface area contributed by atoms with Gasteiger partial charge in [-0.3, -0.25) is 4.79 Å². The summed E-state index contributed by atoms with van der Waals surface area (Å²) in [4.78, 5) is 11.3. The van der Waals surface area contributed by atoms with E-state index >= 15 is 0 Å². The molecule has 0 spiro atoms. The highest BCUT2D eigenvalue weighted by atomic mass is 32.2. The molecule has 1 rings (SSSR count). The van der Waals surface area contributed by atoms with Gasteiger partial charge in [0.05, 0.1) is 10.8 Å². The van der Waals surface area contributed by atoms with Crippen LogP contribution in [0.5, 0.6) is 0 Å². The van der Waals surface area contributed by atoms with Crippen LogP contribution in [0.1, 0.15) is 31.2 Å². The zero-order valence-corrected chi connectivity index (χ0v) is 10.7. The summed E-state index contributed by atoms with van der Waals surface area (Å²) in [6.45, 7) is 1.87. The van der Waals surface area contributed by atoms with Crippen molar-refractivity contribution in [3.8, 4) is 0 Å². The lowest BCUT2D eigenvalue weighted by Crippen LogP contribution is -2.15. The van der Waals surface area contributed by atoms with E-state index in [0.29, 0.717) is 18.4 Å². The molecular weight excluding hydrogens is 240 g/mol. The van der Waals surface area contributed by atoms with Gasteiger partial charge >= 0.3 is 5.97 Å². The van der Waals surface area contributed by atoms with Crippen molar-refractivity contribution < 1.29 is 18.3 Å². The summed E-state index contributed by atoms with van der Waals surface area (Å²) in [6.07, 6.45) is 2.22. The topological polar surface area (TPSA) is 71.4 Å². The summed E-state index contributed by atoms with van der Waals surface area (Å²) in [5.74, 6) is -1.74. The maximum atomic E-state index is 11.6. The Kier molecular flexibility index (Phi) is 4.28. The van der Waals surface area contributed by atoms with Crippen LogP contribution in [0.15, 0.2) is 29.2 Å². The molecule has 1 unspecified atom stereocenters. The third-order valence-electron chi connectivity index (χ3n) is 2.57. The number of rotatable bonds is 5. The van der Waals surface area contributed by atoms with E-state index in [1.807, 2.05) is 6.92 Å². The molecule has 94 valence electrons. The molecule has 0 fully saturated rings. The van der Waals surface area contributed by atoms with Crippen molar-refractivity contribution in [2.45, 2.75) is 30.6 Å². The second-order valence-corrected chi connectivity index (χ2v) is 5.97. The lowest BCUT2D eigenvalue weighted by molar-refractivity contribution is -0.139. The molecule has 0 aliphatic rings. The fourth-order valence-corrected chi connectivity index (χ4v) is 2.77. The van der Waals surface area contributed by atoms with E-state index in [0.717, 1.165) is 6.26 Å². The van der Waals surface area contributed by atoms with Gasteiger partial charge in [-0.2, -0.15) is 0 Å². The van der Waals surface area contributed by atoms with Gasteiger partial charge in [0.25, 0.3) is 0 Å². The number of hydrogen-bond donors (Lipinski definition) is 1. The zero-order valence-electron chi connectivity index (χ0n) is 9.88. The standard InChI is InChI=1S/C12H16O4S/c1-3-6-10(12(13)14)9-7-4-5-8-11(9)17(2,15)16/h4-5,7-8,10H,3,6H2,1-2H3,(H,13,14). The van der Waals surface area contributed by atoms with E-state index in [1.54, 1.807) is 18.2 Å². The highest BCUT2D eigenvalue weighted by molar-refractivity contribution is 7.90. The van der Waals surface area contributed by atoms with Crippen molar-refractivity contribution in [2.75, 3.05) is 6.26 Å². The summed E-state index contributed by atoms with van der Waals surface area (Å²) >= 11 is 0. The zero-order chi connectivity index (χ0) is 13.1. The van der Waals surface area contributed by atoms with Gasteiger partial charge in [0.1, 0.15) is 0 Å². The Hall–Kier alpha value is -1.36. The number of carbonyl (C=O) groups is 1. The van der Waals surface area contributed by atoms with E-state index < -0.39 is 21.7 Å². The molecule has 1 aromatic carbocycles.